The lowest BCUT2D eigenvalue weighted by atomic mass is 10.2. The number of thioether (sulfide) groups is 1. The molecule has 1 aromatic rings. The Morgan fingerprint density at radius 1 is 1.60 bits per heavy atom. The second-order valence-electron chi connectivity index (χ2n) is 4.78. The standard InChI is InChI=1S/C13H18N2O4S/c1-8(17)14-10(13(18)19)7-20-11-3-5-15-4-2-9(6-16)12(11)15/h2,4,10-11,16H,3,5-7H2,1H3,(H,14,17)(H,18,19)/t10-,11?/m0/s1. The molecule has 0 saturated heterocycles. The summed E-state index contributed by atoms with van der Waals surface area (Å²) in [5, 5.41) is 21.0. The fourth-order valence-electron chi connectivity index (χ4n) is 2.44. The number of aryl methyl sites for hydroxylation is 1. The van der Waals surface area contributed by atoms with Crippen LogP contribution in [0.1, 0.15) is 29.9 Å². The van der Waals surface area contributed by atoms with Gasteiger partial charge in [0.15, 0.2) is 0 Å². The van der Waals surface area contributed by atoms with E-state index in [4.69, 9.17) is 5.11 Å². The minimum Gasteiger partial charge on any atom is -0.480 e. The molecule has 0 saturated carbocycles. The zero-order valence-corrected chi connectivity index (χ0v) is 12.0. The van der Waals surface area contributed by atoms with Crippen LogP contribution in [-0.2, 0) is 22.7 Å². The minimum absolute atomic E-state index is 0.00650. The molecule has 110 valence electrons. The van der Waals surface area contributed by atoms with Gasteiger partial charge in [-0.25, -0.2) is 4.79 Å². The molecule has 2 heterocycles. The number of carboxylic acids is 1. The van der Waals surface area contributed by atoms with E-state index in [1.807, 2.05) is 12.3 Å². The van der Waals surface area contributed by atoms with E-state index < -0.39 is 12.0 Å². The third-order valence-corrected chi connectivity index (χ3v) is 4.73. The number of carbonyl (C=O) groups is 2. The van der Waals surface area contributed by atoms with Gasteiger partial charge in [-0.1, -0.05) is 0 Å². The van der Waals surface area contributed by atoms with Crippen molar-refractivity contribution in [2.45, 2.75) is 37.8 Å². The number of aliphatic hydroxyl groups is 1. The monoisotopic (exact) mass is 298 g/mol. The van der Waals surface area contributed by atoms with Crippen LogP contribution in [0.25, 0.3) is 0 Å². The van der Waals surface area contributed by atoms with E-state index in [0.29, 0.717) is 5.75 Å². The number of carboxylic acid groups (broad SMARTS) is 1. The summed E-state index contributed by atoms with van der Waals surface area (Å²) in [6.45, 7) is 2.18. The van der Waals surface area contributed by atoms with Gasteiger partial charge in [-0.05, 0) is 18.1 Å². The Kier molecular flexibility index (Phi) is 4.72. The van der Waals surface area contributed by atoms with Gasteiger partial charge in [0.2, 0.25) is 5.91 Å². The highest BCUT2D eigenvalue weighted by molar-refractivity contribution is 7.99. The SMILES string of the molecule is CC(=O)N[C@@H](CSC1CCn2ccc(CO)c21)C(=O)O. The van der Waals surface area contributed by atoms with Gasteiger partial charge in [0.1, 0.15) is 6.04 Å². The minimum atomic E-state index is -1.02. The third kappa shape index (κ3) is 3.16. The van der Waals surface area contributed by atoms with Crippen LogP contribution in [0.3, 0.4) is 0 Å². The van der Waals surface area contributed by atoms with Gasteiger partial charge < -0.3 is 20.1 Å². The first-order valence-corrected chi connectivity index (χ1v) is 7.48. The summed E-state index contributed by atoms with van der Waals surface area (Å²) in [5.41, 5.74) is 1.97. The molecule has 1 aliphatic rings. The maximum absolute atomic E-state index is 11.1. The highest BCUT2D eigenvalue weighted by Crippen LogP contribution is 2.40. The maximum Gasteiger partial charge on any atom is 0.327 e. The molecule has 6 nitrogen and oxygen atoms in total. The lowest BCUT2D eigenvalue weighted by Gasteiger charge is -2.16. The molecule has 1 aromatic heterocycles. The number of aliphatic hydroxyl groups excluding tert-OH is 1. The summed E-state index contributed by atoms with van der Waals surface area (Å²) in [5.74, 6) is -1.05. The first kappa shape index (κ1) is 14.9. The first-order chi connectivity index (χ1) is 9.52. The number of hydrogen-bond acceptors (Lipinski definition) is 4. The summed E-state index contributed by atoms with van der Waals surface area (Å²) < 4.78 is 2.09. The molecule has 1 unspecified atom stereocenters. The van der Waals surface area contributed by atoms with Crippen molar-refractivity contribution in [2.75, 3.05) is 5.75 Å². The van der Waals surface area contributed by atoms with Crippen molar-refractivity contribution in [3.05, 3.63) is 23.5 Å². The molecule has 3 N–H and O–H groups in total. The molecule has 0 aliphatic carbocycles. The molecule has 7 heteroatoms. The lowest BCUT2D eigenvalue weighted by Crippen LogP contribution is -2.41. The van der Waals surface area contributed by atoms with Crippen molar-refractivity contribution in [3.63, 3.8) is 0 Å². The summed E-state index contributed by atoms with van der Waals surface area (Å²) in [6.07, 6.45) is 2.87. The Bertz CT molecular complexity index is 514. The molecular weight excluding hydrogens is 280 g/mol. The van der Waals surface area contributed by atoms with E-state index in [1.54, 1.807) is 0 Å². The summed E-state index contributed by atoms with van der Waals surface area (Å²) in [7, 11) is 0. The van der Waals surface area contributed by atoms with Crippen LogP contribution in [-0.4, -0.2) is 38.5 Å². The number of nitrogens with one attached hydrogen (secondary N) is 1. The van der Waals surface area contributed by atoms with E-state index in [9.17, 15) is 14.7 Å². The molecule has 2 atom stereocenters. The summed E-state index contributed by atoms with van der Waals surface area (Å²) in [6, 6.07) is 1.02. The van der Waals surface area contributed by atoms with Crippen LogP contribution in [0, 0.1) is 0 Å². The average Bonchev–Trinajstić information content (AvgIpc) is 2.95. The Morgan fingerprint density at radius 3 is 2.95 bits per heavy atom. The van der Waals surface area contributed by atoms with Gasteiger partial charge in [-0.3, -0.25) is 4.79 Å². The van der Waals surface area contributed by atoms with Crippen LogP contribution in [0.4, 0.5) is 0 Å². The molecule has 0 fully saturated rings. The van der Waals surface area contributed by atoms with Gasteiger partial charge >= 0.3 is 5.97 Å². The number of amides is 1. The van der Waals surface area contributed by atoms with E-state index in [2.05, 4.69) is 9.88 Å². The van der Waals surface area contributed by atoms with Crippen molar-refractivity contribution >= 4 is 23.6 Å². The Balaban J connectivity index is 2.00. The van der Waals surface area contributed by atoms with Crippen LogP contribution in [0.2, 0.25) is 0 Å². The van der Waals surface area contributed by atoms with E-state index >= 15 is 0 Å². The van der Waals surface area contributed by atoms with Crippen molar-refractivity contribution in [2.24, 2.45) is 0 Å². The maximum atomic E-state index is 11.1. The highest BCUT2D eigenvalue weighted by Gasteiger charge is 2.28. The largest absolute Gasteiger partial charge is 0.480 e. The predicted octanol–water partition coefficient (Wildman–Crippen LogP) is 0.748. The normalized spacial score (nSPS) is 18.6. The molecule has 0 aromatic carbocycles. The fourth-order valence-corrected chi connectivity index (χ4v) is 3.81. The third-order valence-electron chi connectivity index (χ3n) is 3.34. The number of hydrogen-bond donors (Lipinski definition) is 3. The first-order valence-electron chi connectivity index (χ1n) is 6.43. The van der Waals surface area contributed by atoms with Gasteiger partial charge in [-0.2, -0.15) is 0 Å². The molecule has 1 aliphatic heterocycles. The highest BCUT2D eigenvalue weighted by atomic mass is 32.2. The number of nitrogens with zero attached hydrogens (tertiary/aromatic N) is 1. The van der Waals surface area contributed by atoms with Crippen molar-refractivity contribution in [3.8, 4) is 0 Å². The topological polar surface area (TPSA) is 91.6 Å². The number of aromatic nitrogens is 1. The summed E-state index contributed by atoms with van der Waals surface area (Å²) in [4.78, 5) is 22.1. The second-order valence-corrected chi connectivity index (χ2v) is 6.02. The zero-order valence-electron chi connectivity index (χ0n) is 11.2. The Hall–Kier alpha value is -1.47. The number of carbonyl (C=O) groups excluding carboxylic acids is 1. The van der Waals surface area contributed by atoms with Gasteiger partial charge in [0.25, 0.3) is 0 Å². The fraction of sp³-hybridized carbons (Fsp3) is 0.538. The predicted molar refractivity (Wildman–Crippen MR) is 75.4 cm³/mol. The van der Waals surface area contributed by atoms with E-state index in [-0.39, 0.29) is 17.8 Å². The average molecular weight is 298 g/mol. The molecular formula is C13H18N2O4S. The Labute approximate surface area is 121 Å². The number of fused-ring (bicyclic) bond motifs is 1. The van der Waals surface area contributed by atoms with E-state index in [1.165, 1.54) is 18.7 Å². The van der Waals surface area contributed by atoms with Crippen molar-refractivity contribution in [1.82, 2.24) is 9.88 Å². The molecule has 1 amide bonds. The van der Waals surface area contributed by atoms with Gasteiger partial charge in [0.05, 0.1) is 6.61 Å². The second kappa shape index (κ2) is 6.32. The van der Waals surface area contributed by atoms with E-state index in [0.717, 1.165) is 24.2 Å². The number of aliphatic carboxylic acids is 1. The molecule has 2 rings (SSSR count). The van der Waals surface area contributed by atoms with Crippen molar-refractivity contribution in [1.29, 1.82) is 0 Å². The quantitative estimate of drug-likeness (QED) is 0.721. The smallest absolute Gasteiger partial charge is 0.327 e. The van der Waals surface area contributed by atoms with Gasteiger partial charge in [-0.15, -0.1) is 11.8 Å². The zero-order chi connectivity index (χ0) is 14.7. The number of rotatable bonds is 6. The molecule has 20 heavy (non-hydrogen) atoms. The summed E-state index contributed by atoms with van der Waals surface area (Å²) >= 11 is 1.51. The van der Waals surface area contributed by atoms with Crippen LogP contribution >= 0.6 is 11.8 Å². The molecule has 0 bridgehead atoms. The Morgan fingerprint density at radius 2 is 2.35 bits per heavy atom. The van der Waals surface area contributed by atoms with Crippen molar-refractivity contribution < 1.29 is 19.8 Å². The van der Waals surface area contributed by atoms with Crippen LogP contribution in [0.5, 0.6) is 0 Å². The molecule has 0 radical (unpaired) electrons. The van der Waals surface area contributed by atoms with Gasteiger partial charge in [0, 0.05) is 36.4 Å². The van der Waals surface area contributed by atoms with Crippen LogP contribution in [0.15, 0.2) is 12.3 Å². The van der Waals surface area contributed by atoms with Crippen LogP contribution < -0.4 is 5.32 Å². The lowest BCUT2D eigenvalue weighted by molar-refractivity contribution is -0.140. The molecule has 0 spiro atoms.